The lowest BCUT2D eigenvalue weighted by Gasteiger charge is -2.10. The van der Waals surface area contributed by atoms with Crippen molar-refractivity contribution in [1.82, 2.24) is 9.97 Å². The van der Waals surface area contributed by atoms with Crippen LogP contribution < -0.4 is 4.72 Å². The Hall–Kier alpha value is -1.99. The number of nitrogens with one attached hydrogen (secondary N) is 1. The molecular formula is C14H10BrN3O2S. The molecule has 2 heterocycles. The summed E-state index contributed by atoms with van der Waals surface area (Å²) in [6.07, 6.45) is 4.66. The molecule has 0 saturated carbocycles. The molecule has 21 heavy (non-hydrogen) atoms. The molecule has 1 N–H and O–H groups in total. The van der Waals surface area contributed by atoms with E-state index in [2.05, 4.69) is 30.6 Å². The molecule has 0 aliphatic rings. The topological polar surface area (TPSA) is 72.0 Å². The first-order chi connectivity index (χ1) is 10.1. The largest absolute Gasteiger partial charge is 0.278 e. The molecule has 7 heteroatoms. The van der Waals surface area contributed by atoms with Crippen molar-refractivity contribution in [3.63, 3.8) is 0 Å². The average Bonchev–Trinajstić information content (AvgIpc) is 2.49. The second kappa shape index (κ2) is 5.42. The lowest BCUT2D eigenvalue weighted by atomic mass is 10.2. The number of sulfonamides is 1. The maximum atomic E-state index is 12.5. The van der Waals surface area contributed by atoms with Gasteiger partial charge in [0.25, 0.3) is 10.0 Å². The Morgan fingerprint density at radius 2 is 1.90 bits per heavy atom. The highest BCUT2D eigenvalue weighted by Crippen LogP contribution is 2.24. The van der Waals surface area contributed by atoms with Crippen molar-refractivity contribution in [3.8, 4) is 0 Å². The van der Waals surface area contributed by atoms with E-state index in [1.807, 2.05) is 6.07 Å². The van der Waals surface area contributed by atoms with Crippen LogP contribution >= 0.6 is 15.9 Å². The maximum Gasteiger partial charge on any atom is 0.262 e. The molecular weight excluding hydrogens is 354 g/mol. The van der Waals surface area contributed by atoms with Crippen LogP contribution in [0.4, 0.5) is 5.69 Å². The standard InChI is InChI=1S/C14H10BrN3O2S/c15-14-5-4-11(9-17-14)18-21(19,20)13-3-1-2-10-8-16-7-6-12(10)13/h1-9,18H. The third kappa shape index (κ3) is 2.88. The van der Waals surface area contributed by atoms with E-state index in [0.29, 0.717) is 15.7 Å². The smallest absolute Gasteiger partial charge is 0.262 e. The Morgan fingerprint density at radius 3 is 2.67 bits per heavy atom. The fourth-order valence-electron chi connectivity index (χ4n) is 1.97. The highest BCUT2D eigenvalue weighted by molar-refractivity contribution is 9.10. The van der Waals surface area contributed by atoms with Gasteiger partial charge in [-0.1, -0.05) is 12.1 Å². The molecule has 0 fully saturated rings. The molecule has 0 radical (unpaired) electrons. The van der Waals surface area contributed by atoms with Gasteiger partial charge < -0.3 is 0 Å². The van der Waals surface area contributed by atoms with E-state index in [4.69, 9.17) is 0 Å². The molecule has 1 aromatic carbocycles. The number of benzene rings is 1. The first-order valence-electron chi connectivity index (χ1n) is 6.03. The lowest BCUT2D eigenvalue weighted by molar-refractivity contribution is 0.602. The molecule has 0 unspecified atom stereocenters. The number of pyridine rings is 2. The van der Waals surface area contributed by atoms with Crippen LogP contribution in [0, 0.1) is 0 Å². The van der Waals surface area contributed by atoms with Gasteiger partial charge in [0.1, 0.15) is 4.60 Å². The van der Waals surface area contributed by atoms with E-state index < -0.39 is 10.0 Å². The summed E-state index contributed by atoms with van der Waals surface area (Å²) in [5.41, 5.74) is 0.407. The number of fused-ring (bicyclic) bond motifs is 1. The van der Waals surface area contributed by atoms with Crippen molar-refractivity contribution < 1.29 is 8.42 Å². The SMILES string of the molecule is O=S(=O)(Nc1ccc(Br)nc1)c1cccc2cnccc12. The lowest BCUT2D eigenvalue weighted by Crippen LogP contribution is -2.13. The fraction of sp³-hybridized carbons (Fsp3) is 0. The summed E-state index contributed by atoms with van der Waals surface area (Å²) in [4.78, 5) is 8.21. The minimum atomic E-state index is -3.69. The number of halogens is 1. The van der Waals surface area contributed by atoms with Crippen LogP contribution in [0.15, 0.2) is 64.5 Å². The van der Waals surface area contributed by atoms with E-state index in [0.717, 1.165) is 5.39 Å². The molecule has 3 rings (SSSR count). The summed E-state index contributed by atoms with van der Waals surface area (Å²) in [6, 6.07) is 10.1. The Labute approximate surface area is 130 Å². The summed E-state index contributed by atoms with van der Waals surface area (Å²) in [5, 5.41) is 1.40. The number of aromatic nitrogens is 2. The van der Waals surface area contributed by atoms with E-state index in [9.17, 15) is 8.42 Å². The Morgan fingerprint density at radius 1 is 1.05 bits per heavy atom. The van der Waals surface area contributed by atoms with Gasteiger partial charge in [-0.2, -0.15) is 0 Å². The molecule has 0 aliphatic carbocycles. The molecule has 0 atom stereocenters. The van der Waals surface area contributed by atoms with E-state index in [1.165, 1.54) is 6.20 Å². The molecule has 2 aromatic heterocycles. The second-order valence-electron chi connectivity index (χ2n) is 4.33. The summed E-state index contributed by atoms with van der Waals surface area (Å²) >= 11 is 3.21. The van der Waals surface area contributed by atoms with Crippen LogP contribution in [-0.4, -0.2) is 18.4 Å². The van der Waals surface area contributed by atoms with Gasteiger partial charge >= 0.3 is 0 Å². The van der Waals surface area contributed by atoms with Gasteiger partial charge in [0, 0.05) is 23.2 Å². The molecule has 5 nitrogen and oxygen atoms in total. The van der Waals surface area contributed by atoms with Crippen LogP contribution in [0.1, 0.15) is 0 Å². The van der Waals surface area contributed by atoms with Crippen molar-refractivity contribution in [2.75, 3.05) is 4.72 Å². The van der Waals surface area contributed by atoms with Gasteiger partial charge in [-0.05, 0) is 40.2 Å². The van der Waals surface area contributed by atoms with E-state index in [1.54, 1.807) is 42.7 Å². The second-order valence-corrected chi connectivity index (χ2v) is 6.79. The van der Waals surface area contributed by atoms with Gasteiger partial charge in [-0.15, -0.1) is 0 Å². The van der Waals surface area contributed by atoms with Crippen molar-refractivity contribution in [1.29, 1.82) is 0 Å². The molecule has 0 amide bonds. The zero-order valence-electron chi connectivity index (χ0n) is 10.7. The normalized spacial score (nSPS) is 11.5. The number of hydrogen-bond donors (Lipinski definition) is 1. The molecule has 0 spiro atoms. The van der Waals surface area contributed by atoms with Gasteiger partial charge in [0.05, 0.1) is 16.8 Å². The maximum absolute atomic E-state index is 12.5. The van der Waals surface area contributed by atoms with Crippen LogP contribution in [0.25, 0.3) is 10.8 Å². The first kappa shape index (κ1) is 14.0. The first-order valence-corrected chi connectivity index (χ1v) is 8.31. The summed E-state index contributed by atoms with van der Waals surface area (Å²) in [5.74, 6) is 0. The number of nitrogens with zero attached hydrogens (tertiary/aromatic N) is 2. The molecule has 0 saturated heterocycles. The van der Waals surface area contributed by atoms with Gasteiger partial charge in [-0.3, -0.25) is 9.71 Å². The summed E-state index contributed by atoms with van der Waals surface area (Å²) in [7, 11) is -3.69. The predicted molar refractivity (Wildman–Crippen MR) is 84.5 cm³/mol. The van der Waals surface area contributed by atoms with Crippen LogP contribution in [0.5, 0.6) is 0 Å². The quantitative estimate of drug-likeness (QED) is 0.725. The van der Waals surface area contributed by atoms with Crippen LogP contribution in [-0.2, 0) is 10.0 Å². The minimum Gasteiger partial charge on any atom is -0.278 e. The van der Waals surface area contributed by atoms with Gasteiger partial charge in [0.2, 0.25) is 0 Å². The average molecular weight is 364 g/mol. The number of anilines is 1. The molecule has 3 aromatic rings. The molecule has 106 valence electrons. The zero-order chi connectivity index (χ0) is 14.9. The molecule has 0 aliphatic heterocycles. The van der Waals surface area contributed by atoms with Crippen molar-refractivity contribution >= 4 is 42.4 Å². The number of rotatable bonds is 3. The fourth-order valence-corrected chi connectivity index (χ4v) is 3.48. The van der Waals surface area contributed by atoms with Crippen LogP contribution in [0.2, 0.25) is 0 Å². The van der Waals surface area contributed by atoms with Crippen molar-refractivity contribution in [2.24, 2.45) is 0 Å². The van der Waals surface area contributed by atoms with Crippen LogP contribution in [0.3, 0.4) is 0 Å². The van der Waals surface area contributed by atoms with Crippen molar-refractivity contribution in [2.45, 2.75) is 4.90 Å². The monoisotopic (exact) mass is 363 g/mol. The Balaban J connectivity index is 2.06. The summed E-state index contributed by atoms with van der Waals surface area (Å²) < 4.78 is 28.2. The highest BCUT2D eigenvalue weighted by atomic mass is 79.9. The third-order valence-corrected chi connectivity index (χ3v) is 4.82. The Kier molecular flexibility index (Phi) is 3.60. The molecule has 0 bridgehead atoms. The number of hydrogen-bond acceptors (Lipinski definition) is 4. The minimum absolute atomic E-state index is 0.213. The van der Waals surface area contributed by atoms with Gasteiger partial charge in [0.15, 0.2) is 0 Å². The van der Waals surface area contributed by atoms with E-state index in [-0.39, 0.29) is 4.90 Å². The zero-order valence-corrected chi connectivity index (χ0v) is 13.1. The van der Waals surface area contributed by atoms with Crippen molar-refractivity contribution in [3.05, 3.63) is 59.6 Å². The summed E-state index contributed by atoms with van der Waals surface area (Å²) in [6.45, 7) is 0. The predicted octanol–water partition coefficient (Wildman–Crippen LogP) is 3.19. The highest BCUT2D eigenvalue weighted by Gasteiger charge is 2.17. The third-order valence-electron chi connectivity index (χ3n) is 2.91. The Bertz CT molecular complexity index is 890. The van der Waals surface area contributed by atoms with Gasteiger partial charge in [-0.25, -0.2) is 13.4 Å². The van der Waals surface area contributed by atoms with E-state index >= 15 is 0 Å².